The SMILES string of the molecule is C=C(C)C(F)(C(F)N(C)C)C(F)(F)F. The third kappa shape index (κ3) is 2.05. The van der Waals surface area contributed by atoms with Gasteiger partial charge in [0.15, 0.2) is 0 Å². The Balaban J connectivity index is 5.22. The fourth-order valence-electron chi connectivity index (χ4n) is 0.936. The van der Waals surface area contributed by atoms with Crippen LogP contribution in [0.4, 0.5) is 22.0 Å². The molecule has 0 aromatic rings. The number of hydrogen-bond donors (Lipinski definition) is 0. The second-order valence-electron chi connectivity index (χ2n) is 3.29. The van der Waals surface area contributed by atoms with Crippen molar-refractivity contribution in [2.75, 3.05) is 14.1 Å². The largest absolute Gasteiger partial charge is 0.430 e. The van der Waals surface area contributed by atoms with Crippen LogP contribution in [-0.4, -0.2) is 37.1 Å². The third-order valence-electron chi connectivity index (χ3n) is 1.82. The summed E-state index contributed by atoms with van der Waals surface area (Å²) >= 11 is 0. The van der Waals surface area contributed by atoms with E-state index in [0.717, 1.165) is 21.0 Å². The molecular formula is C8H12F5N. The number of halogens is 5. The smallest absolute Gasteiger partial charge is 0.277 e. The van der Waals surface area contributed by atoms with Gasteiger partial charge in [-0.1, -0.05) is 6.58 Å². The standard InChI is InChI=1S/C8H12F5N/c1-5(2)7(10,8(11,12)13)6(9)14(3)4/h6H,1H2,2-4H3. The summed E-state index contributed by atoms with van der Waals surface area (Å²) in [6.07, 6.45) is -8.09. The van der Waals surface area contributed by atoms with Gasteiger partial charge in [-0.3, -0.25) is 4.90 Å². The molecule has 0 radical (unpaired) electrons. The van der Waals surface area contributed by atoms with Gasteiger partial charge >= 0.3 is 6.18 Å². The predicted molar refractivity (Wildman–Crippen MR) is 43.3 cm³/mol. The van der Waals surface area contributed by atoms with E-state index in [-0.39, 0.29) is 0 Å². The van der Waals surface area contributed by atoms with E-state index in [1.54, 1.807) is 0 Å². The van der Waals surface area contributed by atoms with E-state index < -0.39 is 23.7 Å². The summed E-state index contributed by atoms with van der Waals surface area (Å²) in [6.45, 7) is 3.64. The Labute approximate surface area is 79.2 Å². The summed E-state index contributed by atoms with van der Waals surface area (Å²) < 4.78 is 63.3. The molecule has 0 fully saturated rings. The van der Waals surface area contributed by atoms with E-state index in [1.165, 1.54) is 0 Å². The van der Waals surface area contributed by atoms with Crippen LogP contribution < -0.4 is 0 Å². The van der Waals surface area contributed by atoms with Crippen molar-refractivity contribution in [3.8, 4) is 0 Å². The molecule has 0 heterocycles. The Morgan fingerprint density at radius 2 is 1.57 bits per heavy atom. The summed E-state index contributed by atoms with van der Waals surface area (Å²) in [6, 6.07) is 0. The molecule has 14 heavy (non-hydrogen) atoms. The second kappa shape index (κ2) is 3.84. The fourth-order valence-corrected chi connectivity index (χ4v) is 0.936. The van der Waals surface area contributed by atoms with Gasteiger partial charge in [0.2, 0.25) is 6.30 Å². The highest BCUT2D eigenvalue weighted by molar-refractivity contribution is 5.17. The first-order chi connectivity index (χ1) is 6.05. The molecule has 0 saturated heterocycles. The third-order valence-corrected chi connectivity index (χ3v) is 1.82. The first kappa shape index (κ1) is 13.4. The lowest BCUT2D eigenvalue weighted by Gasteiger charge is -2.34. The molecule has 0 saturated carbocycles. The molecule has 0 aliphatic rings. The van der Waals surface area contributed by atoms with Crippen molar-refractivity contribution in [1.29, 1.82) is 0 Å². The Bertz CT molecular complexity index is 222. The van der Waals surface area contributed by atoms with Gasteiger partial charge in [0.1, 0.15) is 0 Å². The molecule has 0 spiro atoms. The first-order valence-electron chi connectivity index (χ1n) is 3.77. The summed E-state index contributed by atoms with van der Waals surface area (Å²) in [5, 5.41) is 0. The molecular weight excluding hydrogens is 205 g/mol. The molecule has 0 bridgehead atoms. The van der Waals surface area contributed by atoms with Gasteiger partial charge in [-0.2, -0.15) is 13.2 Å². The van der Waals surface area contributed by atoms with E-state index >= 15 is 0 Å². The van der Waals surface area contributed by atoms with Gasteiger partial charge in [-0.25, -0.2) is 8.78 Å². The van der Waals surface area contributed by atoms with Crippen LogP contribution in [0.1, 0.15) is 6.92 Å². The maximum absolute atomic E-state index is 13.4. The molecule has 0 aromatic carbocycles. The number of nitrogens with zero attached hydrogens (tertiary/aromatic N) is 1. The zero-order chi connectivity index (χ0) is 11.7. The van der Waals surface area contributed by atoms with Gasteiger partial charge in [0.05, 0.1) is 0 Å². The molecule has 0 rings (SSSR count). The summed E-state index contributed by atoms with van der Waals surface area (Å²) in [5.41, 5.74) is -4.91. The summed E-state index contributed by atoms with van der Waals surface area (Å²) in [4.78, 5) is 0.516. The van der Waals surface area contributed by atoms with Crippen LogP contribution in [-0.2, 0) is 0 Å². The molecule has 1 nitrogen and oxygen atoms in total. The highest BCUT2D eigenvalue weighted by Crippen LogP contribution is 2.43. The van der Waals surface area contributed by atoms with Crippen LogP contribution in [0.5, 0.6) is 0 Å². The predicted octanol–water partition coefficient (Wildman–Crippen LogP) is 2.69. The van der Waals surface area contributed by atoms with E-state index in [1.807, 2.05) is 0 Å². The molecule has 0 aliphatic carbocycles. The topological polar surface area (TPSA) is 3.24 Å². The van der Waals surface area contributed by atoms with Crippen molar-refractivity contribution in [2.45, 2.75) is 25.1 Å². The number of hydrogen-bond acceptors (Lipinski definition) is 1. The van der Waals surface area contributed by atoms with E-state index in [2.05, 4.69) is 6.58 Å². The Morgan fingerprint density at radius 3 is 1.64 bits per heavy atom. The molecule has 0 aliphatic heterocycles. The molecule has 84 valence electrons. The molecule has 0 aromatic heterocycles. The quantitative estimate of drug-likeness (QED) is 0.399. The van der Waals surface area contributed by atoms with E-state index in [0.29, 0.717) is 4.90 Å². The van der Waals surface area contributed by atoms with Crippen molar-refractivity contribution < 1.29 is 22.0 Å². The first-order valence-corrected chi connectivity index (χ1v) is 3.77. The lowest BCUT2D eigenvalue weighted by atomic mass is 9.95. The average Bonchev–Trinajstić information content (AvgIpc) is 1.98. The average molecular weight is 217 g/mol. The van der Waals surface area contributed by atoms with Crippen LogP contribution in [0, 0.1) is 0 Å². The van der Waals surface area contributed by atoms with Crippen molar-refractivity contribution in [3.05, 3.63) is 12.2 Å². The highest BCUT2D eigenvalue weighted by Gasteiger charge is 2.63. The Hall–Kier alpha value is -0.650. The van der Waals surface area contributed by atoms with Gasteiger partial charge in [-0.05, 0) is 26.6 Å². The van der Waals surface area contributed by atoms with Crippen LogP contribution in [0.2, 0.25) is 0 Å². The highest BCUT2D eigenvalue weighted by atomic mass is 19.4. The van der Waals surface area contributed by atoms with E-state index in [4.69, 9.17) is 0 Å². The molecule has 0 N–H and O–H groups in total. The maximum Gasteiger partial charge on any atom is 0.430 e. The monoisotopic (exact) mass is 217 g/mol. The molecule has 6 heteroatoms. The van der Waals surface area contributed by atoms with Crippen molar-refractivity contribution >= 4 is 0 Å². The van der Waals surface area contributed by atoms with Gasteiger partial charge < -0.3 is 0 Å². The maximum atomic E-state index is 13.4. The van der Waals surface area contributed by atoms with Crippen LogP contribution in [0.15, 0.2) is 12.2 Å². The Morgan fingerprint density at radius 1 is 1.21 bits per heavy atom. The van der Waals surface area contributed by atoms with Crippen molar-refractivity contribution in [1.82, 2.24) is 4.90 Å². The minimum Gasteiger partial charge on any atom is -0.277 e. The minimum absolute atomic E-state index is 0.516. The second-order valence-corrected chi connectivity index (χ2v) is 3.29. The molecule has 0 amide bonds. The van der Waals surface area contributed by atoms with Crippen molar-refractivity contribution in [3.63, 3.8) is 0 Å². The van der Waals surface area contributed by atoms with Crippen LogP contribution in [0.25, 0.3) is 0 Å². The molecule has 2 unspecified atom stereocenters. The minimum atomic E-state index is -5.30. The van der Waals surface area contributed by atoms with Crippen LogP contribution in [0.3, 0.4) is 0 Å². The number of alkyl halides is 5. The summed E-state index contributed by atoms with van der Waals surface area (Å²) in [7, 11) is 2.04. The lowest BCUT2D eigenvalue weighted by molar-refractivity contribution is -0.249. The van der Waals surface area contributed by atoms with Crippen LogP contribution >= 0.6 is 0 Å². The normalized spacial score (nSPS) is 19.2. The van der Waals surface area contributed by atoms with Crippen molar-refractivity contribution in [2.24, 2.45) is 0 Å². The van der Waals surface area contributed by atoms with Gasteiger partial charge in [-0.15, -0.1) is 0 Å². The van der Waals surface area contributed by atoms with Gasteiger partial charge in [0.25, 0.3) is 5.67 Å². The number of rotatable bonds is 3. The lowest BCUT2D eigenvalue weighted by Crippen LogP contribution is -2.54. The Kier molecular flexibility index (Phi) is 3.66. The fraction of sp³-hybridized carbons (Fsp3) is 0.750. The van der Waals surface area contributed by atoms with E-state index in [9.17, 15) is 22.0 Å². The molecule has 2 atom stereocenters. The zero-order valence-corrected chi connectivity index (χ0v) is 8.12. The summed E-state index contributed by atoms with van der Waals surface area (Å²) in [5.74, 6) is 0. The zero-order valence-electron chi connectivity index (χ0n) is 8.12. The van der Waals surface area contributed by atoms with Gasteiger partial charge in [0, 0.05) is 0 Å².